The molecular formula is C26H31N2O3+. The molecule has 1 saturated heterocycles. The van der Waals surface area contributed by atoms with Crippen molar-refractivity contribution >= 4 is 5.69 Å². The number of hydrogen-bond donors (Lipinski definition) is 3. The number of aromatic hydroxyl groups is 1. The van der Waals surface area contributed by atoms with E-state index in [1.54, 1.807) is 6.07 Å². The molecule has 0 spiro atoms. The Labute approximate surface area is 184 Å². The van der Waals surface area contributed by atoms with E-state index >= 15 is 0 Å². The van der Waals surface area contributed by atoms with Gasteiger partial charge in [0.2, 0.25) is 0 Å². The van der Waals surface area contributed by atoms with E-state index in [0.29, 0.717) is 18.9 Å². The van der Waals surface area contributed by atoms with Crippen molar-refractivity contribution in [2.24, 2.45) is 0 Å². The maximum Gasteiger partial charge on any atom is 0.138 e. The van der Waals surface area contributed by atoms with Gasteiger partial charge in [-0.3, -0.25) is 0 Å². The second-order valence-electron chi connectivity index (χ2n) is 8.12. The molecule has 0 aromatic heterocycles. The van der Waals surface area contributed by atoms with Crippen molar-refractivity contribution in [3.05, 3.63) is 96.1 Å². The largest absolute Gasteiger partial charge is 0.506 e. The van der Waals surface area contributed by atoms with Crippen LogP contribution in [-0.4, -0.2) is 55.6 Å². The molecule has 5 nitrogen and oxygen atoms in total. The molecule has 1 aliphatic rings. The molecule has 4 rings (SSSR count). The number of hydrogen-bond acceptors (Lipinski definition) is 4. The molecule has 3 N–H and O–H groups in total. The molecule has 0 amide bonds. The van der Waals surface area contributed by atoms with Crippen molar-refractivity contribution in [1.82, 2.24) is 0 Å². The topological polar surface area (TPSA) is 57.4 Å². The van der Waals surface area contributed by atoms with Crippen molar-refractivity contribution in [3.8, 4) is 5.75 Å². The number of anilines is 1. The summed E-state index contributed by atoms with van der Waals surface area (Å²) in [7, 11) is 0. The van der Waals surface area contributed by atoms with Gasteiger partial charge in [-0.15, -0.1) is 0 Å². The Morgan fingerprint density at radius 3 is 1.94 bits per heavy atom. The third-order valence-electron chi connectivity index (χ3n) is 5.88. The highest BCUT2D eigenvalue weighted by molar-refractivity contribution is 5.57. The maximum absolute atomic E-state index is 10.7. The predicted molar refractivity (Wildman–Crippen MR) is 123 cm³/mol. The molecular weight excluding hydrogens is 388 g/mol. The molecule has 162 valence electrons. The minimum Gasteiger partial charge on any atom is -0.506 e. The summed E-state index contributed by atoms with van der Waals surface area (Å²) in [6.45, 7) is 4.51. The first-order chi connectivity index (χ1) is 15.2. The van der Waals surface area contributed by atoms with E-state index in [9.17, 15) is 10.2 Å². The highest BCUT2D eigenvalue weighted by atomic mass is 16.5. The van der Waals surface area contributed by atoms with Crippen LogP contribution in [0.5, 0.6) is 5.75 Å². The highest BCUT2D eigenvalue weighted by Crippen LogP contribution is 2.27. The van der Waals surface area contributed by atoms with Gasteiger partial charge in [0.15, 0.2) is 0 Å². The van der Waals surface area contributed by atoms with Gasteiger partial charge in [0.05, 0.1) is 38.5 Å². The monoisotopic (exact) mass is 419 g/mol. The fourth-order valence-electron chi connectivity index (χ4n) is 4.24. The van der Waals surface area contributed by atoms with Crippen LogP contribution in [0.1, 0.15) is 17.2 Å². The molecule has 0 aliphatic carbocycles. The molecule has 0 bridgehead atoms. The van der Waals surface area contributed by atoms with Crippen molar-refractivity contribution in [2.75, 3.05) is 44.2 Å². The first kappa shape index (κ1) is 21.4. The van der Waals surface area contributed by atoms with E-state index in [1.807, 2.05) is 54.6 Å². The molecule has 1 atom stereocenters. The number of benzene rings is 3. The summed E-state index contributed by atoms with van der Waals surface area (Å²) < 4.78 is 6.22. The van der Waals surface area contributed by atoms with E-state index in [4.69, 9.17) is 4.74 Å². The zero-order valence-corrected chi connectivity index (χ0v) is 17.7. The molecule has 3 aromatic rings. The quantitative estimate of drug-likeness (QED) is 0.524. The fraction of sp³-hybridized carbons (Fsp3) is 0.308. The van der Waals surface area contributed by atoms with Crippen LogP contribution in [0.3, 0.4) is 0 Å². The predicted octanol–water partition coefficient (Wildman–Crippen LogP) is 2.26. The zero-order valence-electron chi connectivity index (χ0n) is 17.7. The average molecular weight is 420 g/mol. The van der Waals surface area contributed by atoms with E-state index in [1.165, 1.54) is 4.90 Å². The number of nitrogens with zero attached hydrogens (tertiary/aromatic N) is 1. The van der Waals surface area contributed by atoms with Crippen molar-refractivity contribution in [3.63, 3.8) is 0 Å². The second kappa shape index (κ2) is 10.4. The van der Waals surface area contributed by atoms with Gasteiger partial charge in [0, 0.05) is 0 Å². The van der Waals surface area contributed by atoms with Crippen LogP contribution in [0.2, 0.25) is 0 Å². The Balaban J connectivity index is 1.30. The molecule has 0 unspecified atom stereocenters. The number of rotatable bonds is 8. The summed E-state index contributed by atoms with van der Waals surface area (Å²) in [6, 6.07) is 27.8. The lowest BCUT2D eigenvalue weighted by Gasteiger charge is -2.34. The molecule has 1 fully saturated rings. The average Bonchev–Trinajstić information content (AvgIpc) is 2.82. The van der Waals surface area contributed by atoms with Crippen LogP contribution in [0, 0.1) is 0 Å². The van der Waals surface area contributed by atoms with Crippen molar-refractivity contribution < 1.29 is 19.8 Å². The number of aliphatic hydroxyl groups excluding tert-OH is 1. The summed E-state index contributed by atoms with van der Waals surface area (Å²) in [5.41, 5.74) is 3.06. The van der Waals surface area contributed by atoms with Crippen LogP contribution in [0.15, 0.2) is 84.9 Å². The Bertz CT molecular complexity index is 888. The summed E-state index contributed by atoms with van der Waals surface area (Å²) in [5, 5.41) is 20.8. The molecule has 0 radical (unpaired) electrons. The van der Waals surface area contributed by atoms with Gasteiger partial charge < -0.3 is 24.7 Å². The van der Waals surface area contributed by atoms with Gasteiger partial charge >= 0.3 is 0 Å². The van der Waals surface area contributed by atoms with E-state index in [-0.39, 0.29) is 6.10 Å². The lowest BCUT2D eigenvalue weighted by Crippen LogP contribution is -3.16. The molecule has 1 aliphatic heterocycles. The number of para-hydroxylation sites is 2. The third-order valence-corrected chi connectivity index (χ3v) is 5.88. The standard InChI is InChI=1S/C26H30N2O3/c29-23(19-27-15-17-28(18-16-27)24-13-7-8-14-25(24)30)20-31-26(21-9-3-1-4-10-21)22-11-5-2-6-12-22/h1-14,23,26,29-30H,15-20H2/p+1/t23-/m1/s1. The smallest absolute Gasteiger partial charge is 0.138 e. The number of ether oxygens (including phenoxy) is 1. The van der Waals surface area contributed by atoms with Crippen LogP contribution >= 0.6 is 0 Å². The Morgan fingerprint density at radius 2 is 1.35 bits per heavy atom. The van der Waals surface area contributed by atoms with Crippen LogP contribution in [0.4, 0.5) is 5.69 Å². The van der Waals surface area contributed by atoms with Crippen molar-refractivity contribution in [2.45, 2.75) is 12.2 Å². The fourth-order valence-corrected chi connectivity index (χ4v) is 4.24. The summed E-state index contributed by atoms with van der Waals surface area (Å²) >= 11 is 0. The Kier molecular flexibility index (Phi) is 7.20. The Morgan fingerprint density at radius 1 is 0.806 bits per heavy atom. The normalized spacial score (nSPS) is 15.9. The number of piperazine rings is 1. The minimum atomic E-state index is -0.526. The number of quaternary nitrogens is 1. The third kappa shape index (κ3) is 5.64. The minimum absolute atomic E-state index is 0.190. The first-order valence-electron chi connectivity index (χ1n) is 11.0. The highest BCUT2D eigenvalue weighted by Gasteiger charge is 2.25. The molecule has 5 heteroatoms. The van der Waals surface area contributed by atoms with Gasteiger partial charge in [-0.1, -0.05) is 72.8 Å². The zero-order chi connectivity index (χ0) is 21.5. The van der Waals surface area contributed by atoms with Crippen molar-refractivity contribution in [1.29, 1.82) is 0 Å². The number of aliphatic hydroxyl groups is 1. The summed E-state index contributed by atoms with van der Waals surface area (Å²) in [5.74, 6) is 0.326. The maximum atomic E-state index is 10.7. The number of phenolic OH excluding ortho intramolecular Hbond substituents is 1. The SMILES string of the molecule is Oc1ccccc1N1CC[NH+](C[C@@H](O)COC(c2ccccc2)c2ccccc2)CC1. The summed E-state index contributed by atoms with van der Waals surface area (Å²) in [6.07, 6.45) is -0.716. The van der Waals surface area contributed by atoms with E-state index in [0.717, 1.165) is 43.0 Å². The molecule has 0 saturated carbocycles. The van der Waals surface area contributed by atoms with Crippen LogP contribution in [-0.2, 0) is 4.74 Å². The van der Waals surface area contributed by atoms with Crippen LogP contribution in [0.25, 0.3) is 0 Å². The van der Waals surface area contributed by atoms with E-state index in [2.05, 4.69) is 29.2 Å². The van der Waals surface area contributed by atoms with Gasteiger partial charge in [0.1, 0.15) is 24.5 Å². The van der Waals surface area contributed by atoms with Gasteiger partial charge in [-0.2, -0.15) is 0 Å². The van der Waals surface area contributed by atoms with Gasteiger partial charge in [-0.05, 0) is 23.3 Å². The number of phenols is 1. The lowest BCUT2D eigenvalue weighted by atomic mass is 10.0. The first-order valence-corrected chi connectivity index (χ1v) is 11.0. The molecule has 3 aromatic carbocycles. The summed E-state index contributed by atoms with van der Waals surface area (Å²) in [4.78, 5) is 3.57. The van der Waals surface area contributed by atoms with Gasteiger partial charge in [0.25, 0.3) is 0 Å². The lowest BCUT2D eigenvalue weighted by molar-refractivity contribution is -0.903. The van der Waals surface area contributed by atoms with E-state index < -0.39 is 6.10 Å². The molecule has 31 heavy (non-hydrogen) atoms. The van der Waals surface area contributed by atoms with Crippen LogP contribution < -0.4 is 9.80 Å². The number of nitrogens with one attached hydrogen (secondary N) is 1. The second-order valence-corrected chi connectivity index (χ2v) is 8.12. The van der Waals surface area contributed by atoms with Gasteiger partial charge in [-0.25, -0.2) is 0 Å². The molecule has 1 heterocycles. The Hall–Kier alpha value is -2.86.